The van der Waals surface area contributed by atoms with Crippen LogP contribution in [-0.4, -0.2) is 44.3 Å². The highest BCUT2D eigenvalue weighted by Crippen LogP contribution is 2.28. The van der Waals surface area contributed by atoms with E-state index in [4.69, 9.17) is 14.7 Å². The summed E-state index contributed by atoms with van der Waals surface area (Å²) in [6, 6.07) is 13.4. The van der Waals surface area contributed by atoms with E-state index in [-0.39, 0.29) is 5.91 Å². The SMILES string of the molecule is C=Cc1cc(-c2nc3c(c(NC)n2)CCN(C(=O)c2ccc(COc4ccc(I)cc4)cn2)C3)cnc1C=C. The Morgan fingerprint density at radius 3 is 2.62 bits per heavy atom. The zero-order chi connectivity index (χ0) is 27.4. The quantitative estimate of drug-likeness (QED) is 0.252. The lowest BCUT2D eigenvalue weighted by atomic mass is 10.0. The highest BCUT2D eigenvalue weighted by atomic mass is 127. The average Bonchev–Trinajstić information content (AvgIpc) is 2.99. The van der Waals surface area contributed by atoms with E-state index >= 15 is 0 Å². The Morgan fingerprint density at radius 1 is 1.10 bits per heavy atom. The van der Waals surface area contributed by atoms with Crippen molar-refractivity contribution in [3.63, 3.8) is 0 Å². The molecule has 0 fully saturated rings. The minimum atomic E-state index is -0.136. The Bertz CT molecular complexity index is 1540. The molecule has 39 heavy (non-hydrogen) atoms. The summed E-state index contributed by atoms with van der Waals surface area (Å²) in [4.78, 5) is 33.6. The predicted octanol–water partition coefficient (Wildman–Crippen LogP) is 5.64. The largest absolute Gasteiger partial charge is 0.489 e. The van der Waals surface area contributed by atoms with E-state index in [1.807, 2.05) is 43.4 Å². The van der Waals surface area contributed by atoms with Crippen LogP contribution in [0.1, 0.15) is 38.6 Å². The fraction of sp³-hybridized carbons (Fsp3) is 0.167. The minimum absolute atomic E-state index is 0.136. The lowest BCUT2D eigenvalue weighted by molar-refractivity contribution is 0.0726. The summed E-state index contributed by atoms with van der Waals surface area (Å²) < 4.78 is 6.97. The van der Waals surface area contributed by atoms with Crippen molar-refractivity contribution >= 4 is 46.5 Å². The van der Waals surface area contributed by atoms with E-state index in [2.05, 4.69) is 51.0 Å². The summed E-state index contributed by atoms with van der Waals surface area (Å²) in [6.07, 6.45) is 7.48. The number of carbonyl (C=O) groups excluding carboxylic acids is 1. The van der Waals surface area contributed by atoms with Gasteiger partial charge in [-0.2, -0.15) is 0 Å². The third kappa shape index (κ3) is 5.83. The van der Waals surface area contributed by atoms with E-state index in [0.717, 1.165) is 48.8 Å². The lowest BCUT2D eigenvalue weighted by Gasteiger charge is -2.29. The molecule has 3 aromatic heterocycles. The van der Waals surface area contributed by atoms with E-state index in [0.29, 0.717) is 37.6 Å². The van der Waals surface area contributed by atoms with Crippen LogP contribution in [0.3, 0.4) is 0 Å². The molecule has 1 aliphatic heterocycles. The van der Waals surface area contributed by atoms with Crippen LogP contribution >= 0.6 is 22.6 Å². The second-order valence-electron chi connectivity index (χ2n) is 8.95. The highest BCUT2D eigenvalue weighted by molar-refractivity contribution is 14.1. The molecule has 4 heterocycles. The summed E-state index contributed by atoms with van der Waals surface area (Å²) in [5.41, 5.74) is 5.46. The second kappa shape index (κ2) is 11.7. The number of nitrogens with one attached hydrogen (secondary N) is 1. The summed E-state index contributed by atoms with van der Waals surface area (Å²) in [5, 5.41) is 3.19. The van der Waals surface area contributed by atoms with Crippen LogP contribution in [0.2, 0.25) is 0 Å². The molecule has 0 unspecified atom stereocenters. The Labute approximate surface area is 241 Å². The number of ether oxygens (including phenoxy) is 1. The Balaban J connectivity index is 1.32. The van der Waals surface area contributed by atoms with Gasteiger partial charge < -0.3 is 15.0 Å². The number of amides is 1. The van der Waals surface area contributed by atoms with Gasteiger partial charge in [0.25, 0.3) is 5.91 Å². The van der Waals surface area contributed by atoms with Crippen LogP contribution in [-0.2, 0) is 19.6 Å². The fourth-order valence-electron chi connectivity index (χ4n) is 4.38. The number of hydrogen-bond donors (Lipinski definition) is 1. The molecule has 4 aromatic rings. The van der Waals surface area contributed by atoms with E-state index in [1.165, 1.54) is 0 Å². The van der Waals surface area contributed by atoms with E-state index in [9.17, 15) is 4.79 Å². The number of aromatic nitrogens is 4. The molecular weight excluding hydrogens is 603 g/mol. The number of benzene rings is 1. The van der Waals surface area contributed by atoms with Crippen LogP contribution in [0.15, 0.2) is 68.0 Å². The average molecular weight is 630 g/mol. The molecule has 0 atom stereocenters. The zero-order valence-electron chi connectivity index (χ0n) is 21.5. The van der Waals surface area contributed by atoms with Gasteiger partial charge in [-0.25, -0.2) is 9.97 Å². The molecule has 0 spiro atoms. The molecular formula is C30H27IN6O2. The monoisotopic (exact) mass is 630 g/mol. The third-order valence-electron chi connectivity index (χ3n) is 6.47. The number of hydrogen-bond acceptors (Lipinski definition) is 7. The molecule has 0 radical (unpaired) electrons. The third-order valence-corrected chi connectivity index (χ3v) is 7.19. The smallest absolute Gasteiger partial charge is 0.272 e. The molecule has 0 saturated carbocycles. The first-order valence-corrected chi connectivity index (χ1v) is 13.5. The van der Waals surface area contributed by atoms with Crippen molar-refractivity contribution < 1.29 is 9.53 Å². The number of fused-ring (bicyclic) bond motifs is 1. The van der Waals surface area contributed by atoms with Gasteiger partial charge in [0.1, 0.15) is 23.9 Å². The second-order valence-corrected chi connectivity index (χ2v) is 10.2. The number of rotatable bonds is 8. The first-order valence-electron chi connectivity index (χ1n) is 12.4. The number of anilines is 1. The van der Waals surface area contributed by atoms with Crippen molar-refractivity contribution in [1.82, 2.24) is 24.8 Å². The summed E-state index contributed by atoms with van der Waals surface area (Å²) in [6.45, 7) is 8.97. The Hall–Kier alpha value is -4.12. The lowest BCUT2D eigenvalue weighted by Crippen LogP contribution is -2.37. The van der Waals surface area contributed by atoms with Crippen molar-refractivity contribution in [2.45, 2.75) is 19.6 Å². The van der Waals surface area contributed by atoms with Gasteiger partial charge in [-0.15, -0.1) is 0 Å². The first kappa shape index (κ1) is 26.5. The number of nitrogens with zero attached hydrogens (tertiary/aromatic N) is 5. The summed E-state index contributed by atoms with van der Waals surface area (Å²) >= 11 is 2.26. The molecule has 5 rings (SSSR count). The number of halogens is 1. The van der Waals surface area contributed by atoms with Crippen LogP contribution in [0.4, 0.5) is 5.82 Å². The number of carbonyl (C=O) groups is 1. The van der Waals surface area contributed by atoms with Gasteiger partial charge >= 0.3 is 0 Å². The molecule has 1 amide bonds. The minimum Gasteiger partial charge on any atom is -0.489 e. The van der Waals surface area contributed by atoms with Gasteiger partial charge in [0, 0.05) is 51.8 Å². The zero-order valence-corrected chi connectivity index (χ0v) is 23.7. The molecule has 196 valence electrons. The van der Waals surface area contributed by atoms with Crippen molar-refractivity contribution in [3.8, 4) is 17.1 Å². The van der Waals surface area contributed by atoms with Crippen LogP contribution in [0.25, 0.3) is 23.5 Å². The normalized spacial score (nSPS) is 12.4. The van der Waals surface area contributed by atoms with Crippen LogP contribution in [0.5, 0.6) is 5.75 Å². The van der Waals surface area contributed by atoms with E-state index in [1.54, 1.807) is 35.5 Å². The van der Waals surface area contributed by atoms with Crippen molar-refractivity contribution in [2.24, 2.45) is 0 Å². The van der Waals surface area contributed by atoms with Crippen LogP contribution in [0, 0.1) is 3.57 Å². The summed E-state index contributed by atoms with van der Waals surface area (Å²) in [5.74, 6) is 1.95. The van der Waals surface area contributed by atoms with E-state index < -0.39 is 0 Å². The van der Waals surface area contributed by atoms with Gasteiger partial charge in [-0.3, -0.25) is 14.8 Å². The fourth-order valence-corrected chi connectivity index (χ4v) is 4.74. The van der Waals surface area contributed by atoms with Gasteiger partial charge in [-0.1, -0.05) is 25.3 Å². The first-order chi connectivity index (χ1) is 19.0. The number of pyridine rings is 2. The maximum absolute atomic E-state index is 13.3. The molecule has 1 aliphatic rings. The van der Waals surface area contributed by atoms with Gasteiger partial charge in [0.2, 0.25) is 0 Å². The molecule has 1 N–H and O–H groups in total. The molecule has 9 heteroatoms. The summed E-state index contributed by atoms with van der Waals surface area (Å²) in [7, 11) is 1.84. The van der Waals surface area contributed by atoms with Crippen molar-refractivity contribution in [1.29, 1.82) is 0 Å². The van der Waals surface area contributed by atoms with Crippen LogP contribution < -0.4 is 10.1 Å². The van der Waals surface area contributed by atoms with Gasteiger partial charge in [0.15, 0.2) is 5.82 Å². The standard InChI is InChI=1S/C30H27IN6O2/c1-4-20-14-21(16-34-25(20)5-2)28-35-27-17-37(13-12-24(27)29(32-3)36-28)30(38)26-11-6-19(15-33-26)18-39-23-9-7-22(31)8-10-23/h4-11,14-16H,1-2,12-13,17-18H2,3H3,(H,32,35,36). The molecule has 1 aromatic carbocycles. The van der Waals surface area contributed by atoms with Crippen molar-refractivity contribution in [2.75, 3.05) is 18.9 Å². The molecule has 0 saturated heterocycles. The molecule has 0 bridgehead atoms. The molecule has 0 aliphatic carbocycles. The van der Waals surface area contributed by atoms with Gasteiger partial charge in [-0.05, 0) is 71.5 Å². The topological polar surface area (TPSA) is 93.1 Å². The Morgan fingerprint density at radius 2 is 1.92 bits per heavy atom. The Kier molecular flexibility index (Phi) is 7.97. The maximum Gasteiger partial charge on any atom is 0.272 e. The van der Waals surface area contributed by atoms with Crippen molar-refractivity contribution in [3.05, 3.63) is 105 Å². The molecule has 8 nitrogen and oxygen atoms in total. The maximum atomic E-state index is 13.3. The highest BCUT2D eigenvalue weighted by Gasteiger charge is 2.27. The van der Waals surface area contributed by atoms with Gasteiger partial charge in [0.05, 0.1) is 17.9 Å². The predicted molar refractivity (Wildman–Crippen MR) is 161 cm³/mol.